The predicted molar refractivity (Wildman–Crippen MR) is 47.5 cm³/mol. The van der Waals surface area contributed by atoms with Gasteiger partial charge < -0.3 is 5.11 Å². The van der Waals surface area contributed by atoms with Gasteiger partial charge in [-0.1, -0.05) is 32.0 Å². The Labute approximate surface area is 71.8 Å². The molecule has 0 fully saturated rings. The van der Waals surface area contributed by atoms with Gasteiger partial charge in [0.05, 0.1) is 0 Å². The van der Waals surface area contributed by atoms with Gasteiger partial charge in [0.2, 0.25) is 0 Å². The molecule has 12 heavy (non-hydrogen) atoms. The largest absolute Gasteiger partial charge is 0.508 e. The van der Waals surface area contributed by atoms with E-state index in [9.17, 15) is 5.11 Å². The maximum atomic E-state index is 9.28. The minimum absolute atomic E-state index is 0.400. The van der Waals surface area contributed by atoms with Gasteiger partial charge in [-0.2, -0.15) is 0 Å². The van der Waals surface area contributed by atoms with E-state index in [1.165, 1.54) is 0 Å². The molecule has 0 aliphatic heterocycles. The van der Waals surface area contributed by atoms with Crippen LogP contribution in [0, 0.1) is 0 Å². The lowest BCUT2D eigenvalue weighted by Gasteiger charge is -2.05. The third-order valence-electron chi connectivity index (χ3n) is 1.56. The summed E-state index contributed by atoms with van der Waals surface area (Å²) in [6.45, 7) is 4.13. The fraction of sp³-hybridized carbons (Fsp3) is 0.333. The first kappa shape index (κ1) is 10.9. The van der Waals surface area contributed by atoms with Crippen molar-refractivity contribution in [2.24, 2.45) is 0 Å². The average Bonchev–Trinajstić information content (AvgIpc) is 2.08. The number of aromatic hydroxyl groups is 1. The van der Waals surface area contributed by atoms with Crippen molar-refractivity contribution >= 4 is 0 Å². The molecule has 1 rings (SSSR count). The van der Waals surface area contributed by atoms with Gasteiger partial charge in [0, 0.05) is 0 Å². The van der Waals surface area contributed by atoms with Gasteiger partial charge in [-0.05, 0) is 17.5 Å². The molecular weight excluding hydrogens is 156 g/mol. The van der Waals surface area contributed by atoms with Crippen LogP contribution in [0.4, 0.5) is 0 Å². The number of hydrogen-bond donors (Lipinski definition) is 3. The lowest BCUT2D eigenvalue weighted by Crippen LogP contribution is -1.85. The molecule has 0 bridgehead atoms. The first-order valence-electron chi connectivity index (χ1n) is 3.69. The third kappa shape index (κ3) is 2.90. The molecule has 0 heterocycles. The first-order chi connectivity index (χ1) is 5.72. The van der Waals surface area contributed by atoms with Gasteiger partial charge in [-0.3, -0.25) is 10.5 Å². The molecule has 0 radical (unpaired) electrons. The van der Waals surface area contributed by atoms with Crippen molar-refractivity contribution in [2.45, 2.75) is 19.8 Å². The molecule has 0 atom stereocenters. The number of rotatable bonds is 1. The molecule has 0 saturated heterocycles. The van der Waals surface area contributed by atoms with Crippen LogP contribution in [-0.2, 0) is 0 Å². The molecule has 3 N–H and O–H groups in total. The van der Waals surface area contributed by atoms with Crippen LogP contribution < -0.4 is 0 Å². The van der Waals surface area contributed by atoms with E-state index < -0.39 is 0 Å². The van der Waals surface area contributed by atoms with Gasteiger partial charge in [0.1, 0.15) is 5.75 Å². The van der Waals surface area contributed by atoms with E-state index in [4.69, 9.17) is 10.5 Å². The zero-order valence-electron chi connectivity index (χ0n) is 7.23. The van der Waals surface area contributed by atoms with Crippen LogP contribution in [0.25, 0.3) is 0 Å². The Morgan fingerprint density at radius 2 is 1.58 bits per heavy atom. The molecule has 0 unspecified atom stereocenters. The fourth-order valence-corrected chi connectivity index (χ4v) is 0.976. The Bertz CT molecular complexity index is 221. The van der Waals surface area contributed by atoms with Crippen molar-refractivity contribution < 1.29 is 15.6 Å². The molecule has 1 aromatic carbocycles. The Kier molecular flexibility index (Phi) is 5.08. The summed E-state index contributed by atoms with van der Waals surface area (Å²) in [5, 5.41) is 21.3. The highest BCUT2D eigenvalue weighted by Gasteiger charge is 2.01. The highest BCUT2D eigenvalue weighted by Crippen LogP contribution is 2.23. The molecule has 0 aliphatic rings. The minimum Gasteiger partial charge on any atom is -0.508 e. The van der Waals surface area contributed by atoms with Crippen molar-refractivity contribution in [1.29, 1.82) is 0 Å². The summed E-state index contributed by atoms with van der Waals surface area (Å²) in [6.07, 6.45) is 0. The monoisotopic (exact) mass is 170 g/mol. The van der Waals surface area contributed by atoms with Gasteiger partial charge in [0.25, 0.3) is 0 Å². The lowest BCUT2D eigenvalue weighted by molar-refractivity contribution is -0.176. The van der Waals surface area contributed by atoms with Gasteiger partial charge in [0.15, 0.2) is 0 Å². The summed E-state index contributed by atoms with van der Waals surface area (Å²) in [5.41, 5.74) is 1.02. The van der Waals surface area contributed by atoms with E-state index in [1.807, 2.05) is 18.2 Å². The molecule has 0 spiro atoms. The fourth-order valence-electron chi connectivity index (χ4n) is 0.976. The van der Waals surface area contributed by atoms with Crippen molar-refractivity contribution in [3.63, 3.8) is 0 Å². The smallest absolute Gasteiger partial charge is 0.119 e. The number of para-hydroxylation sites is 1. The van der Waals surface area contributed by atoms with Gasteiger partial charge in [-0.25, -0.2) is 0 Å². The number of hydrogen-bond acceptors (Lipinski definition) is 3. The molecule has 0 amide bonds. The SMILES string of the molecule is CC(C)c1ccccc1O.OO. The zero-order chi connectivity index (χ0) is 9.56. The third-order valence-corrected chi connectivity index (χ3v) is 1.56. The minimum atomic E-state index is 0.400. The second-order valence-electron chi connectivity index (χ2n) is 2.71. The van der Waals surface area contributed by atoms with Crippen LogP contribution in [0.3, 0.4) is 0 Å². The van der Waals surface area contributed by atoms with Crippen LogP contribution in [0.15, 0.2) is 24.3 Å². The van der Waals surface area contributed by atoms with Crippen LogP contribution in [0.5, 0.6) is 5.75 Å². The second kappa shape index (κ2) is 5.57. The Hall–Kier alpha value is -1.06. The van der Waals surface area contributed by atoms with E-state index in [-0.39, 0.29) is 0 Å². The Morgan fingerprint density at radius 1 is 1.08 bits per heavy atom. The van der Waals surface area contributed by atoms with Gasteiger partial charge >= 0.3 is 0 Å². The predicted octanol–water partition coefficient (Wildman–Crippen LogP) is 2.53. The van der Waals surface area contributed by atoms with Crippen molar-refractivity contribution in [1.82, 2.24) is 0 Å². The molecule has 0 aliphatic carbocycles. The number of phenols is 1. The lowest BCUT2D eigenvalue weighted by atomic mass is 10.0. The Morgan fingerprint density at radius 3 is 1.92 bits per heavy atom. The number of benzene rings is 1. The van der Waals surface area contributed by atoms with E-state index >= 15 is 0 Å². The van der Waals surface area contributed by atoms with Crippen LogP contribution in [-0.4, -0.2) is 15.6 Å². The van der Waals surface area contributed by atoms with Crippen molar-refractivity contribution in [3.8, 4) is 5.75 Å². The van der Waals surface area contributed by atoms with E-state index in [2.05, 4.69) is 13.8 Å². The molecule has 68 valence electrons. The summed E-state index contributed by atoms with van der Waals surface area (Å²) >= 11 is 0. The summed E-state index contributed by atoms with van der Waals surface area (Å²) in [6, 6.07) is 7.44. The van der Waals surface area contributed by atoms with E-state index in [1.54, 1.807) is 6.07 Å². The standard InChI is InChI=1S/C9H12O.H2O2/c1-7(2)8-5-3-4-6-9(8)10;1-2/h3-7,10H,1-2H3;1-2H. The molecule has 0 aromatic heterocycles. The maximum Gasteiger partial charge on any atom is 0.119 e. The first-order valence-corrected chi connectivity index (χ1v) is 3.69. The number of phenolic OH excluding ortho intramolecular Hbond substituents is 1. The summed E-state index contributed by atoms with van der Waals surface area (Å²) in [7, 11) is 0. The van der Waals surface area contributed by atoms with Gasteiger partial charge in [-0.15, -0.1) is 0 Å². The molecular formula is C9H14O3. The molecule has 1 aromatic rings. The van der Waals surface area contributed by atoms with Crippen molar-refractivity contribution in [3.05, 3.63) is 29.8 Å². The molecule has 0 saturated carbocycles. The Balaban J connectivity index is 0.000000561. The zero-order valence-corrected chi connectivity index (χ0v) is 7.23. The quantitative estimate of drug-likeness (QED) is 0.448. The second-order valence-corrected chi connectivity index (χ2v) is 2.71. The normalized spacial score (nSPS) is 9.08. The highest BCUT2D eigenvalue weighted by molar-refractivity contribution is 5.33. The molecule has 3 heteroatoms. The van der Waals surface area contributed by atoms with E-state index in [0.717, 1.165) is 5.56 Å². The van der Waals surface area contributed by atoms with Crippen LogP contribution in [0.2, 0.25) is 0 Å². The molecule has 3 nitrogen and oxygen atoms in total. The van der Waals surface area contributed by atoms with Crippen LogP contribution >= 0.6 is 0 Å². The highest BCUT2D eigenvalue weighted by atomic mass is 17.0. The van der Waals surface area contributed by atoms with E-state index in [0.29, 0.717) is 11.7 Å². The van der Waals surface area contributed by atoms with Crippen LogP contribution in [0.1, 0.15) is 25.3 Å². The summed E-state index contributed by atoms with van der Waals surface area (Å²) in [4.78, 5) is 0. The maximum absolute atomic E-state index is 9.28. The topological polar surface area (TPSA) is 60.7 Å². The summed E-state index contributed by atoms with van der Waals surface area (Å²) in [5.74, 6) is 0.804. The average molecular weight is 170 g/mol. The van der Waals surface area contributed by atoms with Crippen molar-refractivity contribution in [2.75, 3.05) is 0 Å². The summed E-state index contributed by atoms with van der Waals surface area (Å²) < 4.78 is 0.